The normalized spacial score (nSPS) is 45.0. The molecule has 0 aromatic rings. The largest absolute Gasteiger partial charge is 0.384 e. The first-order valence-electron chi connectivity index (χ1n) is 7.89. The molecule has 3 N–H and O–H groups in total. The lowest BCUT2D eigenvalue weighted by atomic mass is 9.59. The van der Waals surface area contributed by atoms with Crippen LogP contribution in [0, 0.1) is 0 Å². The van der Waals surface area contributed by atoms with E-state index in [0.717, 1.165) is 0 Å². The van der Waals surface area contributed by atoms with Gasteiger partial charge in [0.05, 0.1) is 39.5 Å². The molecule has 0 aromatic carbocycles. The Kier molecular flexibility index (Phi) is 4.82. The van der Waals surface area contributed by atoms with Crippen LogP contribution in [-0.4, -0.2) is 89.4 Å². The fourth-order valence-corrected chi connectivity index (χ4v) is 3.83. The lowest BCUT2D eigenvalue weighted by molar-refractivity contribution is -0.450. The van der Waals surface area contributed by atoms with Gasteiger partial charge in [0, 0.05) is 14.7 Å². The summed E-state index contributed by atoms with van der Waals surface area (Å²) in [4.78, 5) is 7.82. The van der Waals surface area contributed by atoms with Gasteiger partial charge in [-0.05, 0) is 16.6 Å². The zero-order chi connectivity index (χ0) is 19.8. The summed E-state index contributed by atoms with van der Waals surface area (Å²) in [7, 11) is 0. The number of aliphatic hydroxyl groups is 3. The van der Waals surface area contributed by atoms with E-state index in [2.05, 4.69) is 30.1 Å². The number of hydrogen-bond acceptors (Lipinski definition) is 9. The predicted molar refractivity (Wildman–Crippen MR) is 85.1 cm³/mol. The standard InChI is InChI=1S/C12H17N9O6/c13-19-16-1-9(22)4-25-7(9)12(11(24,6-27-12)3-18-21-15)8-10(23,5-26-8)2-17-20-14/h7-8,22-24H,1-6H2. The first-order chi connectivity index (χ1) is 12.8. The molecule has 3 aliphatic heterocycles. The molecule has 5 atom stereocenters. The van der Waals surface area contributed by atoms with E-state index in [4.69, 9.17) is 30.8 Å². The molecule has 15 nitrogen and oxygen atoms in total. The summed E-state index contributed by atoms with van der Waals surface area (Å²) < 4.78 is 16.5. The van der Waals surface area contributed by atoms with E-state index >= 15 is 0 Å². The first-order valence-corrected chi connectivity index (χ1v) is 7.89. The molecule has 146 valence electrons. The van der Waals surface area contributed by atoms with Crippen LogP contribution < -0.4 is 0 Å². The lowest BCUT2D eigenvalue weighted by Crippen LogP contribution is -2.91. The van der Waals surface area contributed by atoms with Crippen LogP contribution in [0.25, 0.3) is 31.3 Å². The van der Waals surface area contributed by atoms with Crippen LogP contribution in [0.2, 0.25) is 0 Å². The third kappa shape index (κ3) is 2.66. The molecule has 0 spiro atoms. The molecule has 0 saturated carbocycles. The van der Waals surface area contributed by atoms with Crippen molar-refractivity contribution in [2.24, 2.45) is 15.3 Å². The zero-order valence-electron chi connectivity index (χ0n) is 14.0. The third-order valence-electron chi connectivity index (χ3n) is 5.24. The maximum atomic E-state index is 11.1. The lowest BCUT2D eigenvalue weighted by Gasteiger charge is -2.69. The predicted octanol–water partition coefficient (Wildman–Crippen LogP) is -0.323. The van der Waals surface area contributed by atoms with Gasteiger partial charge in [0.25, 0.3) is 0 Å². The summed E-state index contributed by atoms with van der Waals surface area (Å²) in [6.45, 7) is -1.89. The van der Waals surface area contributed by atoms with Crippen molar-refractivity contribution in [3.05, 3.63) is 31.3 Å². The van der Waals surface area contributed by atoms with Gasteiger partial charge < -0.3 is 29.5 Å². The summed E-state index contributed by atoms with van der Waals surface area (Å²) in [5, 5.41) is 42.7. The Morgan fingerprint density at radius 2 is 1.22 bits per heavy atom. The minimum absolute atomic E-state index is 0.207. The minimum atomic E-state index is -1.84. The molecular formula is C12H17N9O6. The third-order valence-corrected chi connectivity index (χ3v) is 5.24. The van der Waals surface area contributed by atoms with Crippen LogP contribution in [-0.2, 0) is 14.2 Å². The van der Waals surface area contributed by atoms with Gasteiger partial charge in [0.15, 0.2) is 5.60 Å². The highest BCUT2D eigenvalue weighted by atomic mass is 16.7. The summed E-state index contributed by atoms with van der Waals surface area (Å²) in [6, 6.07) is 0. The maximum Gasteiger partial charge on any atom is 0.157 e. The SMILES string of the molecule is [N-]=[N+]=NCC1(O)COC1C1(C2OCC2(O)CN=[N+]=[N-])OCC1(O)CN=[N+]=[N-]. The average molecular weight is 383 g/mol. The van der Waals surface area contributed by atoms with E-state index in [1.54, 1.807) is 0 Å². The number of azide groups is 3. The Hall–Kier alpha value is -2.31. The van der Waals surface area contributed by atoms with Crippen LogP contribution in [0.3, 0.4) is 0 Å². The second kappa shape index (κ2) is 6.69. The average Bonchev–Trinajstić information content (AvgIpc) is 2.64. The second-order valence-corrected chi connectivity index (χ2v) is 6.87. The van der Waals surface area contributed by atoms with E-state index in [1.807, 2.05) is 0 Å². The number of nitrogens with zero attached hydrogens (tertiary/aromatic N) is 9. The van der Waals surface area contributed by atoms with E-state index in [1.165, 1.54) is 0 Å². The molecule has 0 amide bonds. The molecule has 15 heteroatoms. The monoisotopic (exact) mass is 383 g/mol. The fourth-order valence-electron chi connectivity index (χ4n) is 3.83. The highest BCUT2D eigenvalue weighted by Gasteiger charge is 2.79. The molecular weight excluding hydrogens is 366 g/mol. The Morgan fingerprint density at radius 3 is 1.52 bits per heavy atom. The summed E-state index contributed by atoms with van der Waals surface area (Å²) in [5.41, 5.74) is 18.6. The van der Waals surface area contributed by atoms with Crippen molar-refractivity contribution < 1.29 is 29.5 Å². The smallest absolute Gasteiger partial charge is 0.157 e. The van der Waals surface area contributed by atoms with Gasteiger partial charge >= 0.3 is 0 Å². The molecule has 0 radical (unpaired) electrons. The van der Waals surface area contributed by atoms with Gasteiger partial charge in [0.1, 0.15) is 29.0 Å². The van der Waals surface area contributed by atoms with Crippen molar-refractivity contribution in [3.8, 4) is 0 Å². The molecule has 3 heterocycles. The Balaban J connectivity index is 2.00. The first kappa shape index (κ1) is 19.5. The Bertz CT molecular complexity index is 720. The summed E-state index contributed by atoms with van der Waals surface area (Å²) >= 11 is 0. The van der Waals surface area contributed by atoms with E-state index in [9.17, 15) is 15.3 Å². The van der Waals surface area contributed by atoms with Gasteiger partial charge in [-0.1, -0.05) is 15.3 Å². The van der Waals surface area contributed by atoms with E-state index in [-0.39, 0.29) is 32.9 Å². The quantitative estimate of drug-likeness (QED) is 0.288. The molecule has 3 saturated heterocycles. The molecule has 3 fully saturated rings. The molecule has 3 rings (SSSR count). The van der Waals surface area contributed by atoms with Gasteiger partial charge in [-0.2, -0.15) is 0 Å². The molecule has 3 aliphatic rings. The topological polar surface area (TPSA) is 235 Å². The van der Waals surface area contributed by atoms with Crippen molar-refractivity contribution in [2.75, 3.05) is 39.5 Å². The van der Waals surface area contributed by atoms with Gasteiger partial charge in [0.2, 0.25) is 0 Å². The van der Waals surface area contributed by atoms with Gasteiger partial charge in [-0.15, -0.1) is 0 Å². The van der Waals surface area contributed by atoms with Crippen LogP contribution in [0.15, 0.2) is 15.3 Å². The summed E-state index contributed by atoms with van der Waals surface area (Å²) in [5.74, 6) is 0. The molecule has 5 unspecified atom stereocenters. The van der Waals surface area contributed by atoms with E-state index < -0.39 is 41.2 Å². The molecule has 0 aliphatic carbocycles. The van der Waals surface area contributed by atoms with Crippen molar-refractivity contribution in [1.29, 1.82) is 0 Å². The summed E-state index contributed by atoms with van der Waals surface area (Å²) in [6.07, 6.45) is -2.52. The van der Waals surface area contributed by atoms with Crippen LogP contribution >= 0.6 is 0 Å². The van der Waals surface area contributed by atoms with Crippen molar-refractivity contribution in [3.63, 3.8) is 0 Å². The van der Waals surface area contributed by atoms with Crippen molar-refractivity contribution >= 4 is 0 Å². The molecule has 0 bridgehead atoms. The van der Waals surface area contributed by atoms with Crippen molar-refractivity contribution in [1.82, 2.24) is 0 Å². The highest BCUT2D eigenvalue weighted by Crippen LogP contribution is 2.55. The number of rotatable bonds is 8. The van der Waals surface area contributed by atoms with Gasteiger partial charge in [-0.25, -0.2) is 0 Å². The van der Waals surface area contributed by atoms with Gasteiger partial charge in [-0.3, -0.25) is 0 Å². The molecule has 0 aromatic heterocycles. The van der Waals surface area contributed by atoms with Crippen LogP contribution in [0.5, 0.6) is 0 Å². The van der Waals surface area contributed by atoms with Crippen LogP contribution in [0.1, 0.15) is 0 Å². The van der Waals surface area contributed by atoms with Crippen LogP contribution in [0.4, 0.5) is 0 Å². The Labute approximate surface area is 151 Å². The minimum Gasteiger partial charge on any atom is -0.384 e. The molecule has 27 heavy (non-hydrogen) atoms. The Morgan fingerprint density at radius 1 is 0.778 bits per heavy atom. The zero-order valence-corrected chi connectivity index (χ0v) is 14.0. The fraction of sp³-hybridized carbons (Fsp3) is 1.00. The number of ether oxygens (including phenoxy) is 3. The highest BCUT2D eigenvalue weighted by molar-refractivity contribution is 5.29. The second-order valence-electron chi connectivity index (χ2n) is 6.87. The number of hydrogen-bond donors (Lipinski definition) is 3. The van der Waals surface area contributed by atoms with Crippen molar-refractivity contribution in [2.45, 2.75) is 34.6 Å². The maximum absolute atomic E-state index is 11.1. The van der Waals surface area contributed by atoms with E-state index in [0.29, 0.717) is 0 Å².